The van der Waals surface area contributed by atoms with Gasteiger partial charge in [0.15, 0.2) is 17.8 Å². The van der Waals surface area contributed by atoms with E-state index in [1.807, 2.05) is 0 Å². The molecule has 2 saturated heterocycles. The van der Waals surface area contributed by atoms with E-state index in [9.17, 15) is 45.6 Å². The van der Waals surface area contributed by atoms with Gasteiger partial charge in [0, 0.05) is 6.42 Å². The fourth-order valence-corrected chi connectivity index (χ4v) is 3.99. The SMILES string of the molecule is COc1cc(CCC(=O)OCC2OC(OC3(CO)OC(CO)C(O)C3O)C(O)C(O)C2O)ccc1O. The molecule has 0 radical (unpaired) electrons. The fraction of sp³-hybridized carbons (Fsp3) is 0.682. The number of aromatic hydroxyl groups is 1. The van der Waals surface area contributed by atoms with Crippen LogP contribution < -0.4 is 4.74 Å². The Morgan fingerprint density at radius 1 is 1.03 bits per heavy atom. The zero-order valence-electron chi connectivity index (χ0n) is 19.4. The number of carbonyl (C=O) groups excluding carboxylic acids is 1. The zero-order chi connectivity index (χ0) is 26.6. The van der Waals surface area contributed by atoms with Gasteiger partial charge in [-0.05, 0) is 24.1 Å². The third-order valence-electron chi connectivity index (χ3n) is 6.16. The molecule has 1 aromatic rings. The largest absolute Gasteiger partial charge is 0.504 e. The number of aliphatic hydroxyl groups excluding tert-OH is 7. The van der Waals surface area contributed by atoms with Gasteiger partial charge >= 0.3 is 5.97 Å². The van der Waals surface area contributed by atoms with E-state index < -0.39 is 80.6 Å². The number of benzene rings is 1. The van der Waals surface area contributed by atoms with Crippen LogP contribution in [-0.4, -0.2) is 129 Å². The Bertz CT molecular complexity index is 882. The molecule has 9 atom stereocenters. The van der Waals surface area contributed by atoms with Gasteiger partial charge in [0.2, 0.25) is 5.79 Å². The Morgan fingerprint density at radius 3 is 2.36 bits per heavy atom. The van der Waals surface area contributed by atoms with E-state index >= 15 is 0 Å². The number of rotatable bonds is 10. The van der Waals surface area contributed by atoms with Gasteiger partial charge in [0.25, 0.3) is 0 Å². The quantitative estimate of drug-likeness (QED) is 0.140. The number of hydrogen-bond acceptors (Lipinski definition) is 14. The van der Waals surface area contributed by atoms with E-state index in [1.54, 1.807) is 12.1 Å². The lowest BCUT2D eigenvalue weighted by molar-refractivity contribution is -0.383. The van der Waals surface area contributed by atoms with Crippen LogP contribution in [0.15, 0.2) is 18.2 Å². The van der Waals surface area contributed by atoms with Crippen LogP contribution in [0.2, 0.25) is 0 Å². The van der Waals surface area contributed by atoms with Crippen molar-refractivity contribution in [2.75, 3.05) is 26.9 Å². The number of ether oxygens (including phenoxy) is 5. The predicted molar refractivity (Wildman–Crippen MR) is 115 cm³/mol. The minimum absolute atomic E-state index is 0.0512. The van der Waals surface area contributed by atoms with Crippen LogP contribution in [0.25, 0.3) is 0 Å². The van der Waals surface area contributed by atoms with Gasteiger partial charge in [-0.3, -0.25) is 4.79 Å². The minimum Gasteiger partial charge on any atom is -0.504 e. The van der Waals surface area contributed by atoms with Gasteiger partial charge in [0.05, 0.1) is 13.7 Å². The molecule has 9 unspecified atom stereocenters. The average Bonchev–Trinajstić information content (AvgIpc) is 3.12. The van der Waals surface area contributed by atoms with Gasteiger partial charge in [-0.1, -0.05) is 6.07 Å². The molecule has 0 bridgehead atoms. The zero-order valence-corrected chi connectivity index (χ0v) is 19.4. The highest BCUT2D eigenvalue weighted by Crippen LogP contribution is 2.36. The number of methoxy groups -OCH3 is 1. The second kappa shape index (κ2) is 12.0. The summed E-state index contributed by atoms with van der Waals surface area (Å²) >= 11 is 0. The maximum atomic E-state index is 12.2. The summed E-state index contributed by atoms with van der Waals surface area (Å²) in [6, 6.07) is 4.59. The lowest BCUT2D eigenvalue weighted by Gasteiger charge is -2.43. The van der Waals surface area contributed by atoms with Crippen molar-refractivity contribution < 1.29 is 69.3 Å². The third kappa shape index (κ3) is 5.89. The van der Waals surface area contributed by atoms with E-state index in [2.05, 4.69) is 0 Å². The molecule has 2 aliphatic rings. The van der Waals surface area contributed by atoms with E-state index in [0.29, 0.717) is 5.56 Å². The lowest BCUT2D eigenvalue weighted by atomic mass is 9.99. The highest BCUT2D eigenvalue weighted by atomic mass is 16.8. The smallest absolute Gasteiger partial charge is 0.306 e. The molecule has 2 heterocycles. The minimum atomic E-state index is -2.31. The van der Waals surface area contributed by atoms with Crippen molar-refractivity contribution in [1.29, 1.82) is 0 Å². The first-order chi connectivity index (χ1) is 17.1. The Hall–Kier alpha value is -2.11. The molecule has 14 heteroatoms. The number of hydrogen-bond donors (Lipinski definition) is 8. The van der Waals surface area contributed by atoms with E-state index in [1.165, 1.54) is 13.2 Å². The van der Waals surface area contributed by atoms with Crippen LogP contribution in [0.1, 0.15) is 12.0 Å². The molecule has 36 heavy (non-hydrogen) atoms. The molecule has 0 aromatic heterocycles. The van der Waals surface area contributed by atoms with Crippen LogP contribution in [0, 0.1) is 0 Å². The second-order valence-electron chi connectivity index (χ2n) is 8.57. The van der Waals surface area contributed by atoms with E-state index in [4.69, 9.17) is 23.7 Å². The van der Waals surface area contributed by atoms with Crippen molar-refractivity contribution in [1.82, 2.24) is 0 Å². The molecule has 2 fully saturated rings. The van der Waals surface area contributed by atoms with Crippen LogP contribution in [0.4, 0.5) is 0 Å². The van der Waals surface area contributed by atoms with Crippen molar-refractivity contribution in [3.63, 3.8) is 0 Å². The Balaban J connectivity index is 1.59. The number of aliphatic hydroxyl groups is 7. The first-order valence-corrected chi connectivity index (χ1v) is 11.2. The van der Waals surface area contributed by atoms with Gasteiger partial charge in [0.1, 0.15) is 55.9 Å². The van der Waals surface area contributed by atoms with Crippen LogP contribution in [-0.2, 0) is 30.2 Å². The number of aryl methyl sites for hydroxylation is 1. The average molecular weight is 520 g/mol. The molecular formula is C22H32O14. The highest BCUT2D eigenvalue weighted by Gasteiger charge is 2.58. The lowest BCUT2D eigenvalue weighted by Crippen LogP contribution is -2.62. The molecule has 0 spiro atoms. The maximum Gasteiger partial charge on any atom is 0.306 e. The van der Waals surface area contributed by atoms with Gasteiger partial charge in [-0.15, -0.1) is 0 Å². The number of phenolic OH excluding ortho intramolecular Hbond substituents is 1. The molecule has 2 aliphatic heterocycles. The van der Waals surface area contributed by atoms with Crippen molar-refractivity contribution in [3.8, 4) is 11.5 Å². The first kappa shape index (κ1) is 28.5. The topological polar surface area (TPSA) is 225 Å². The Labute approximate surface area is 205 Å². The summed E-state index contributed by atoms with van der Waals surface area (Å²) in [5.41, 5.74) is 0.690. The molecular weight excluding hydrogens is 488 g/mol. The van der Waals surface area contributed by atoms with Gasteiger partial charge < -0.3 is 64.5 Å². The van der Waals surface area contributed by atoms with Gasteiger partial charge in [-0.2, -0.15) is 0 Å². The summed E-state index contributed by atoms with van der Waals surface area (Å²) in [6.45, 7) is -2.27. The van der Waals surface area contributed by atoms with Crippen molar-refractivity contribution >= 4 is 5.97 Å². The molecule has 3 rings (SSSR count). The normalized spacial score (nSPS) is 36.6. The monoisotopic (exact) mass is 520 g/mol. The Kier molecular flexibility index (Phi) is 9.45. The summed E-state index contributed by atoms with van der Waals surface area (Å²) < 4.78 is 26.2. The first-order valence-electron chi connectivity index (χ1n) is 11.2. The molecule has 8 N–H and O–H groups in total. The van der Waals surface area contributed by atoms with E-state index in [-0.39, 0.29) is 24.3 Å². The van der Waals surface area contributed by atoms with Crippen LogP contribution in [0.5, 0.6) is 11.5 Å². The molecule has 0 amide bonds. The molecule has 14 nitrogen and oxygen atoms in total. The van der Waals surface area contributed by atoms with E-state index in [0.717, 1.165) is 0 Å². The van der Waals surface area contributed by atoms with Crippen molar-refractivity contribution in [3.05, 3.63) is 23.8 Å². The molecule has 1 aromatic carbocycles. The van der Waals surface area contributed by atoms with Crippen molar-refractivity contribution in [2.24, 2.45) is 0 Å². The summed E-state index contributed by atoms with van der Waals surface area (Å²) in [5, 5.41) is 79.7. The Morgan fingerprint density at radius 2 is 1.75 bits per heavy atom. The number of phenols is 1. The summed E-state index contributed by atoms with van der Waals surface area (Å²) in [4.78, 5) is 12.2. The summed E-state index contributed by atoms with van der Waals surface area (Å²) in [5.74, 6) is -2.80. The molecule has 204 valence electrons. The summed E-state index contributed by atoms with van der Waals surface area (Å²) in [7, 11) is 1.39. The van der Waals surface area contributed by atoms with Gasteiger partial charge in [-0.25, -0.2) is 0 Å². The van der Waals surface area contributed by atoms with Crippen LogP contribution in [0.3, 0.4) is 0 Å². The standard InChI is InChI=1S/C22H32O14/c1-32-12-6-10(2-4-11(12)25)3-5-15(26)33-8-14-16(27)18(29)19(30)21(34-14)36-22(9-24)20(31)17(28)13(7-23)35-22/h2,4,6,13-14,16-21,23-25,27-31H,3,5,7-9H2,1H3. The number of esters is 1. The number of carbonyl (C=O) groups is 1. The summed E-state index contributed by atoms with van der Waals surface area (Å²) in [6.07, 6.45) is -13.2. The highest BCUT2D eigenvalue weighted by molar-refractivity contribution is 5.69. The maximum absolute atomic E-state index is 12.2. The second-order valence-corrected chi connectivity index (χ2v) is 8.57. The molecule has 0 saturated carbocycles. The fourth-order valence-electron chi connectivity index (χ4n) is 3.99. The molecule has 0 aliphatic carbocycles. The third-order valence-corrected chi connectivity index (χ3v) is 6.16. The van der Waals surface area contributed by atoms with Crippen molar-refractivity contribution in [2.45, 2.75) is 67.6 Å². The van der Waals surface area contributed by atoms with Crippen LogP contribution >= 0.6 is 0 Å². The predicted octanol–water partition coefficient (Wildman–Crippen LogP) is -3.50.